The molecule has 0 spiro atoms. The minimum Gasteiger partial charge on any atom is -0.476 e. The molecule has 0 aliphatic rings. The highest BCUT2D eigenvalue weighted by Gasteiger charge is 2.15. The van der Waals surface area contributed by atoms with Crippen LogP contribution in [0.5, 0.6) is 0 Å². The Hall–Kier alpha value is -1.91. The van der Waals surface area contributed by atoms with Crippen LogP contribution in [0.3, 0.4) is 0 Å². The van der Waals surface area contributed by atoms with Crippen LogP contribution in [0.1, 0.15) is 34.0 Å². The van der Waals surface area contributed by atoms with Crippen LogP contribution in [0.4, 0.5) is 5.69 Å². The van der Waals surface area contributed by atoms with Crippen molar-refractivity contribution in [3.63, 3.8) is 0 Å². The number of carbonyl (C=O) groups is 1. The van der Waals surface area contributed by atoms with Crippen molar-refractivity contribution in [3.8, 4) is 6.07 Å². The Morgan fingerprint density at radius 3 is 2.95 bits per heavy atom. The Labute approximate surface area is 128 Å². The van der Waals surface area contributed by atoms with Crippen molar-refractivity contribution >= 4 is 38.9 Å². The lowest BCUT2D eigenvalue weighted by Gasteiger charge is -2.14. The number of anilines is 1. The van der Waals surface area contributed by atoms with Gasteiger partial charge in [0.25, 0.3) is 0 Å². The number of hydrogen-bond donors (Lipinski definition) is 2. The molecule has 0 radical (unpaired) electrons. The van der Waals surface area contributed by atoms with Crippen LogP contribution in [0.25, 0.3) is 0 Å². The van der Waals surface area contributed by atoms with Crippen molar-refractivity contribution in [1.82, 2.24) is 4.98 Å². The number of carboxylic acid groups (broad SMARTS) is 1. The highest BCUT2D eigenvalue weighted by atomic mass is 79.9. The maximum atomic E-state index is 10.8. The molecule has 1 heterocycles. The van der Waals surface area contributed by atoms with Gasteiger partial charge in [-0.25, -0.2) is 9.78 Å². The summed E-state index contributed by atoms with van der Waals surface area (Å²) in [7, 11) is 0. The molecule has 0 saturated carbocycles. The van der Waals surface area contributed by atoms with Crippen molar-refractivity contribution in [2.75, 3.05) is 5.32 Å². The molecule has 0 bridgehead atoms. The largest absolute Gasteiger partial charge is 0.476 e. The topological polar surface area (TPSA) is 86.0 Å². The normalized spacial score (nSPS) is 11.7. The van der Waals surface area contributed by atoms with Crippen molar-refractivity contribution < 1.29 is 9.90 Å². The van der Waals surface area contributed by atoms with E-state index in [9.17, 15) is 4.79 Å². The lowest BCUT2D eigenvalue weighted by molar-refractivity contribution is 0.0691. The van der Waals surface area contributed by atoms with Crippen LogP contribution in [0.15, 0.2) is 28.1 Å². The Balaban J connectivity index is 2.23. The van der Waals surface area contributed by atoms with Gasteiger partial charge in [-0.3, -0.25) is 0 Å². The third kappa shape index (κ3) is 2.98. The fourth-order valence-electron chi connectivity index (χ4n) is 1.64. The number of nitrogens with one attached hydrogen (secondary N) is 1. The number of hydrogen-bond acceptors (Lipinski definition) is 5. The molecule has 7 heteroatoms. The van der Waals surface area contributed by atoms with E-state index >= 15 is 0 Å². The van der Waals surface area contributed by atoms with E-state index in [1.165, 1.54) is 16.7 Å². The molecular weight excluding hydrogens is 342 g/mol. The summed E-state index contributed by atoms with van der Waals surface area (Å²) in [5.74, 6) is -1.04. The number of aromatic carboxylic acids is 1. The first kappa shape index (κ1) is 14.5. The summed E-state index contributed by atoms with van der Waals surface area (Å²) >= 11 is 4.60. The second-order valence-corrected chi connectivity index (χ2v) is 5.76. The fourth-order valence-corrected chi connectivity index (χ4v) is 2.89. The summed E-state index contributed by atoms with van der Waals surface area (Å²) in [6.07, 6.45) is 0. The number of rotatable bonds is 4. The molecule has 0 aliphatic heterocycles. The van der Waals surface area contributed by atoms with Crippen LogP contribution in [0.2, 0.25) is 0 Å². The molecule has 102 valence electrons. The molecule has 0 fully saturated rings. The summed E-state index contributed by atoms with van der Waals surface area (Å²) in [6.45, 7) is 1.87. The smallest absolute Gasteiger partial charge is 0.355 e. The summed E-state index contributed by atoms with van der Waals surface area (Å²) in [6, 6.07) is 7.35. The van der Waals surface area contributed by atoms with Crippen molar-refractivity contribution in [3.05, 3.63) is 44.3 Å². The molecule has 0 amide bonds. The van der Waals surface area contributed by atoms with Gasteiger partial charge in [0.15, 0.2) is 5.69 Å². The first-order chi connectivity index (χ1) is 9.52. The van der Waals surface area contributed by atoms with Crippen LogP contribution < -0.4 is 5.32 Å². The minimum absolute atomic E-state index is 0.0356. The second-order valence-electron chi connectivity index (χ2n) is 4.02. The Morgan fingerprint density at radius 1 is 1.60 bits per heavy atom. The van der Waals surface area contributed by atoms with Gasteiger partial charge in [-0.2, -0.15) is 5.26 Å². The van der Waals surface area contributed by atoms with Gasteiger partial charge in [-0.15, -0.1) is 11.3 Å². The number of benzene rings is 1. The van der Waals surface area contributed by atoms with E-state index in [1.54, 1.807) is 12.1 Å². The standard InChI is InChI=1S/C13H10BrN3O2S/c1-7(12-17-11(6-20-12)13(18)19)16-10-4-2-3-9(14)8(10)5-15/h2-4,6-7,16H,1H3,(H,18,19). The summed E-state index contributed by atoms with van der Waals surface area (Å²) < 4.78 is 0.711. The molecule has 5 nitrogen and oxygen atoms in total. The van der Waals surface area contributed by atoms with Crippen LogP contribution in [-0.4, -0.2) is 16.1 Å². The van der Waals surface area contributed by atoms with Crippen LogP contribution in [-0.2, 0) is 0 Å². The number of nitrogens with zero attached hydrogens (tertiary/aromatic N) is 2. The Morgan fingerprint density at radius 2 is 2.35 bits per heavy atom. The first-order valence-corrected chi connectivity index (χ1v) is 7.34. The third-order valence-corrected chi connectivity index (χ3v) is 4.30. The SMILES string of the molecule is CC(Nc1cccc(Br)c1C#N)c1nc(C(=O)O)cs1. The number of thiazole rings is 1. The molecule has 20 heavy (non-hydrogen) atoms. The average Bonchev–Trinajstić information content (AvgIpc) is 2.89. The molecule has 1 atom stereocenters. The molecule has 2 N–H and O–H groups in total. The van der Waals surface area contributed by atoms with E-state index in [4.69, 9.17) is 10.4 Å². The zero-order chi connectivity index (χ0) is 14.7. The zero-order valence-electron chi connectivity index (χ0n) is 10.4. The van der Waals surface area contributed by atoms with Gasteiger partial charge in [0.1, 0.15) is 11.1 Å². The predicted molar refractivity (Wildman–Crippen MR) is 80.0 cm³/mol. The number of halogens is 1. The molecule has 0 saturated heterocycles. The Bertz CT molecular complexity index is 693. The zero-order valence-corrected chi connectivity index (χ0v) is 12.8. The van der Waals surface area contributed by atoms with Crippen molar-refractivity contribution in [2.45, 2.75) is 13.0 Å². The van der Waals surface area contributed by atoms with E-state index in [0.29, 0.717) is 20.7 Å². The number of aromatic nitrogens is 1. The minimum atomic E-state index is -1.04. The monoisotopic (exact) mass is 351 g/mol. The fraction of sp³-hybridized carbons (Fsp3) is 0.154. The molecular formula is C13H10BrN3O2S. The highest BCUT2D eigenvalue weighted by molar-refractivity contribution is 9.10. The number of nitriles is 1. The predicted octanol–water partition coefficient (Wildman–Crippen LogP) is 3.65. The third-order valence-electron chi connectivity index (χ3n) is 2.61. The van der Waals surface area contributed by atoms with Gasteiger partial charge >= 0.3 is 5.97 Å². The van der Waals surface area contributed by atoms with Crippen molar-refractivity contribution in [1.29, 1.82) is 5.26 Å². The van der Waals surface area contributed by atoms with Crippen LogP contribution >= 0.6 is 27.3 Å². The van der Waals surface area contributed by atoms with E-state index in [2.05, 4.69) is 32.3 Å². The highest BCUT2D eigenvalue weighted by Crippen LogP contribution is 2.28. The maximum absolute atomic E-state index is 10.8. The van der Waals surface area contributed by atoms with E-state index in [-0.39, 0.29) is 11.7 Å². The molecule has 1 unspecified atom stereocenters. The van der Waals surface area contributed by atoms with E-state index in [0.717, 1.165) is 0 Å². The van der Waals surface area contributed by atoms with E-state index < -0.39 is 5.97 Å². The molecule has 1 aromatic heterocycles. The van der Waals surface area contributed by atoms with Gasteiger partial charge in [0, 0.05) is 9.85 Å². The summed E-state index contributed by atoms with van der Waals surface area (Å²) in [5.41, 5.74) is 1.23. The van der Waals surface area contributed by atoms with Gasteiger partial charge in [-0.1, -0.05) is 6.07 Å². The summed E-state index contributed by atoms with van der Waals surface area (Å²) in [5, 5.41) is 23.3. The van der Waals surface area contributed by atoms with Gasteiger partial charge in [0.2, 0.25) is 0 Å². The Kier molecular flexibility index (Phi) is 4.37. The molecule has 1 aromatic carbocycles. The van der Waals surface area contributed by atoms with Gasteiger partial charge in [-0.05, 0) is 35.0 Å². The number of carboxylic acids is 1. The molecule has 2 rings (SSSR count). The second kappa shape index (κ2) is 6.03. The van der Waals surface area contributed by atoms with Crippen molar-refractivity contribution in [2.24, 2.45) is 0 Å². The summed E-state index contributed by atoms with van der Waals surface area (Å²) in [4.78, 5) is 14.9. The average molecular weight is 352 g/mol. The van der Waals surface area contributed by atoms with Gasteiger partial charge < -0.3 is 10.4 Å². The quantitative estimate of drug-likeness (QED) is 0.877. The first-order valence-electron chi connectivity index (χ1n) is 5.66. The maximum Gasteiger partial charge on any atom is 0.355 e. The van der Waals surface area contributed by atoms with E-state index in [1.807, 2.05) is 13.0 Å². The lowest BCUT2D eigenvalue weighted by Crippen LogP contribution is -2.08. The molecule has 0 aliphatic carbocycles. The molecule has 2 aromatic rings. The lowest BCUT2D eigenvalue weighted by atomic mass is 10.2. The van der Waals surface area contributed by atoms with Gasteiger partial charge in [0.05, 0.1) is 17.3 Å². The van der Waals surface area contributed by atoms with Crippen LogP contribution in [0, 0.1) is 11.3 Å².